The van der Waals surface area contributed by atoms with Crippen LogP contribution in [0.15, 0.2) is 42.5 Å². The van der Waals surface area contributed by atoms with Crippen LogP contribution in [-0.2, 0) is 20.7 Å². The van der Waals surface area contributed by atoms with Gasteiger partial charge >= 0.3 is 5.97 Å². The highest BCUT2D eigenvalue weighted by Gasteiger charge is 2.28. The van der Waals surface area contributed by atoms with Crippen LogP contribution in [0.5, 0.6) is 5.75 Å². The van der Waals surface area contributed by atoms with E-state index in [9.17, 15) is 14.0 Å². The van der Waals surface area contributed by atoms with Crippen molar-refractivity contribution in [3.63, 3.8) is 0 Å². The summed E-state index contributed by atoms with van der Waals surface area (Å²) in [5, 5.41) is 0.569. The van der Waals surface area contributed by atoms with Gasteiger partial charge in [-0.2, -0.15) is 0 Å². The lowest BCUT2D eigenvalue weighted by Gasteiger charge is -2.25. The number of carbonyl (C=O) groups is 2. The van der Waals surface area contributed by atoms with Crippen molar-refractivity contribution in [3.8, 4) is 5.75 Å². The Labute approximate surface area is 161 Å². The van der Waals surface area contributed by atoms with Gasteiger partial charge in [-0.1, -0.05) is 11.6 Å². The Morgan fingerprint density at radius 2 is 2.00 bits per heavy atom. The number of anilines is 1. The zero-order valence-corrected chi connectivity index (χ0v) is 15.5. The van der Waals surface area contributed by atoms with Crippen molar-refractivity contribution in [1.82, 2.24) is 0 Å². The van der Waals surface area contributed by atoms with Gasteiger partial charge < -0.3 is 14.4 Å². The van der Waals surface area contributed by atoms with Crippen LogP contribution in [-0.4, -0.2) is 31.6 Å². The standard InChI is InChI=1S/C20H19ClFNO4/c1-2-23(17-6-4-16(22)5-7-17)19(24)12-27-20(25)14-9-13-10-15(21)3-8-18(13)26-11-14/h3-8,10,14H,2,9,11-12H2,1H3/t14-/m0/s1. The lowest BCUT2D eigenvalue weighted by Crippen LogP contribution is -2.36. The minimum Gasteiger partial charge on any atom is -0.492 e. The van der Waals surface area contributed by atoms with Crippen LogP contribution in [0.3, 0.4) is 0 Å². The second-order valence-electron chi connectivity index (χ2n) is 6.19. The van der Waals surface area contributed by atoms with Gasteiger partial charge in [0.25, 0.3) is 5.91 Å². The van der Waals surface area contributed by atoms with Gasteiger partial charge in [0.2, 0.25) is 0 Å². The number of hydrogen-bond donors (Lipinski definition) is 0. The third-order valence-corrected chi connectivity index (χ3v) is 4.59. The number of hydrogen-bond acceptors (Lipinski definition) is 4. The fourth-order valence-corrected chi connectivity index (χ4v) is 3.16. The molecule has 3 rings (SSSR count). The number of nitrogens with zero attached hydrogens (tertiary/aromatic N) is 1. The molecule has 1 atom stereocenters. The van der Waals surface area contributed by atoms with Gasteiger partial charge in [0.15, 0.2) is 6.61 Å². The first kappa shape index (κ1) is 19.2. The molecule has 0 radical (unpaired) electrons. The van der Waals surface area contributed by atoms with Crippen molar-refractivity contribution in [2.45, 2.75) is 13.3 Å². The largest absolute Gasteiger partial charge is 0.492 e. The van der Waals surface area contributed by atoms with Crippen molar-refractivity contribution >= 4 is 29.2 Å². The monoisotopic (exact) mass is 391 g/mol. The van der Waals surface area contributed by atoms with Crippen LogP contribution in [0, 0.1) is 11.7 Å². The summed E-state index contributed by atoms with van der Waals surface area (Å²) in [7, 11) is 0. The minimum absolute atomic E-state index is 0.192. The maximum absolute atomic E-state index is 13.1. The highest BCUT2D eigenvalue weighted by molar-refractivity contribution is 6.30. The summed E-state index contributed by atoms with van der Waals surface area (Å²) in [5.41, 5.74) is 1.38. The maximum atomic E-state index is 13.1. The summed E-state index contributed by atoms with van der Waals surface area (Å²) in [6.07, 6.45) is 0.443. The Bertz CT molecular complexity index is 840. The molecule has 0 aromatic heterocycles. The van der Waals surface area contributed by atoms with Crippen molar-refractivity contribution in [2.75, 3.05) is 24.7 Å². The van der Waals surface area contributed by atoms with Gasteiger partial charge in [-0.05, 0) is 61.4 Å². The molecule has 0 unspecified atom stereocenters. The molecule has 0 fully saturated rings. The zero-order chi connectivity index (χ0) is 19.4. The molecule has 5 nitrogen and oxygen atoms in total. The van der Waals surface area contributed by atoms with E-state index in [1.54, 1.807) is 25.1 Å². The Morgan fingerprint density at radius 1 is 1.26 bits per heavy atom. The number of fused-ring (bicyclic) bond motifs is 1. The van der Waals surface area contributed by atoms with Gasteiger partial charge in [-0.3, -0.25) is 9.59 Å². The summed E-state index contributed by atoms with van der Waals surface area (Å²) in [6, 6.07) is 10.8. The SMILES string of the molecule is CCN(C(=O)COC(=O)[C@@H]1COc2ccc(Cl)cc2C1)c1ccc(F)cc1. The van der Waals surface area contributed by atoms with Gasteiger partial charge in [-0.25, -0.2) is 4.39 Å². The van der Waals surface area contributed by atoms with Crippen LogP contribution in [0.4, 0.5) is 10.1 Å². The highest BCUT2D eigenvalue weighted by atomic mass is 35.5. The number of halogens is 2. The molecular formula is C20H19ClFNO4. The van der Waals surface area contributed by atoms with E-state index >= 15 is 0 Å². The molecule has 0 bridgehead atoms. The molecule has 0 N–H and O–H groups in total. The molecule has 2 aromatic carbocycles. The number of amides is 1. The molecule has 0 spiro atoms. The Hall–Kier alpha value is -2.60. The molecule has 1 heterocycles. The fourth-order valence-electron chi connectivity index (χ4n) is 2.97. The van der Waals surface area contributed by atoms with E-state index in [2.05, 4.69) is 0 Å². The minimum atomic E-state index is -0.496. The smallest absolute Gasteiger partial charge is 0.313 e. The Balaban J connectivity index is 1.58. The Morgan fingerprint density at radius 3 is 2.70 bits per heavy atom. The van der Waals surface area contributed by atoms with Crippen LogP contribution in [0.25, 0.3) is 0 Å². The number of likely N-dealkylation sites (N-methyl/N-ethyl adjacent to an activating group) is 1. The topological polar surface area (TPSA) is 55.8 Å². The maximum Gasteiger partial charge on any atom is 0.313 e. The number of rotatable bonds is 5. The average Bonchev–Trinajstić information content (AvgIpc) is 2.67. The van der Waals surface area contributed by atoms with Crippen LogP contribution in [0.2, 0.25) is 5.02 Å². The molecule has 27 heavy (non-hydrogen) atoms. The Kier molecular flexibility index (Phi) is 5.96. The van der Waals surface area contributed by atoms with Gasteiger partial charge in [-0.15, -0.1) is 0 Å². The first-order valence-electron chi connectivity index (χ1n) is 8.61. The van der Waals surface area contributed by atoms with E-state index in [0.717, 1.165) is 5.56 Å². The summed E-state index contributed by atoms with van der Waals surface area (Å²) in [5.74, 6) is -1.05. The second kappa shape index (κ2) is 8.39. The number of carbonyl (C=O) groups excluding carboxylic acids is 2. The van der Waals surface area contributed by atoms with Gasteiger partial charge in [0.1, 0.15) is 18.2 Å². The quantitative estimate of drug-likeness (QED) is 0.730. The average molecular weight is 392 g/mol. The van der Waals surface area contributed by atoms with E-state index in [1.165, 1.54) is 29.2 Å². The first-order valence-corrected chi connectivity index (χ1v) is 8.99. The van der Waals surface area contributed by atoms with Crippen molar-refractivity contribution in [1.29, 1.82) is 0 Å². The fraction of sp³-hybridized carbons (Fsp3) is 0.300. The summed E-state index contributed by atoms with van der Waals surface area (Å²) < 4.78 is 23.8. The van der Waals surface area contributed by atoms with Gasteiger partial charge in [0, 0.05) is 17.3 Å². The van der Waals surface area contributed by atoms with Crippen LogP contribution in [0.1, 0.15) is 12.5 Å². The molecule has 1 aliphatic heterocycles. The van der Waals surface area contributed by atoms with E-state index < -0.39 is 11.9 Å². The molecule has 0 saturated heterocycles. The summed E-state index contributed by atoms with van der Waals surface area (Å²) in [6.45, 7) is 1.97. The highest BCUT2D eigenvalue weighted by Crippen LogP contribution is 2.30. The number of esters is 1. The van der Waals surface area contributed by atoms with E-state index in [1.807, 2.05) is 0 Å². The molecule has 2 aromatic rings. The third kappa shape index (κ3) is 4.57. The van der Waals surface area contributed by atoms with Crippen molar-refractivity contribution in [2.24, 2.45) is 5.92 Å². The molecule has 142 valence electrons. The van der Waals surface area contributed by atoms with E-state index in [0.29, 0.717) is 29.4 Å². The lowest BCUT2D eigenvalue weighted by molar-refractivity contribution is -0.153. The van der Waals surface area contributed by atoms with E-state index in [4.69, 9.17) is 21.1 Å². The lowest BCUT2D eigenvalue weighted by atomic mass is 9.97. The van der Waals surface area contributed by atoms with Gasteiger partial charge in [0.05, 0.1) is 5.92 Å². The predicted octanol–water partition coefficient (Wildman–Crippen LogP) is 3.63. The normalized spacial score (nSPS) is 15.4. The molecule has 0 aliphatic carbocycles. The predicted molar refractivity (Wildman–Crippen MR) is 99.5 cm³/mol. The molecular weight excluding hydrogens is 373 g/mol. The molecule has 0 saturated carbocycles. The molecule has 7 heteroatoms. The second-order valence-corrected chi connectivity index (χ2v) is 6.62. The van der Waals surface area contributed by atoms with Crippen molar-refractivity contribution in [3.05, 3.63) is 58.9 Å². The van der Waals surface area contributed by atoms with Crippen LogP contribution >= 0.6 is 11.6 Å². The number of benzene rings is 2. The summed E-state index contributed by atoms with van der Waals surface area (Å²) >= 11 is 5.98. The van der Waals surface area contributed by atoms with Crippen LogP contribution < -0.4 is 9.64 Å². The van der Waals surface area contributed by atoms with E-state index in [-0.39, 0.29) is 24.9 Å². The number of ether oxygens (including phenoxy) is 2. The van der Waals surface area contributed by atoms with Crippen molar-refractivity contribution < 1.29 is 23.5 Å². The molecule has 1 aliphatic rings. The third-order valence-electron chi connectivity index (χ3n) is 4.36. The summed E-state index contributed by atoms with van der Waals surface area (Å²) in [4.78, 5) is 26.2. The zero-order valence-electron chi connectivity index (χ0n) is 14.8. The molecule has 1 amide bonds. The first-order chi connectivity index (χ1) is 13.0.